The monoisotopic (exact) mass is 454 g/mol. The second-order valence-electron chi connectivity index (χ2n) is 7.05. The van der Waals surface area contributed by atoms with Gasteiger partial charge in [-0.05, 0) is 81.0 Å². The highest BCUT2D eigenvalue weighted by Crippen LogP contribution is 2.41. The van der Waals surface area contributed by atoms with Crippen LogP contribution in [0.2, 0.25) is 0 Å². The van der Waals surface area contributed by atoms with Crippen molar-refractivity contribution >= 4 is 33.3 Å². The van der Waals surface area contributed by atoms with Crippen molar-refractivity contribution in [2.75, 3.05) is 6.54 Å². The molecule has 1 aromatic carbocycles. The molecule has 3 aromatic rings. The smallest absolute Gasteiger partial charge is 0.170 e. The minimum absolute atomic E-state index is 0.0347. The van der Waals surface area contributed by atoms with E-state index in [1.165, 1.54) is 17.0 Å². The van der Waals surface area contributed by atoms with Crippen molar-refractivity contribution in [3.63, 3.8) is 0 Å². The number of aryl methyl sites for hydroxylation is 1. The Balaban J connectivity index is 1.82. The van der Waals surface area contributed by atoms with Crippen LogP contribution in [0.15, 0.2) is 59.2 Å². The maximum Gasteiger partial charge on any atom is 0.170 e. The summed E-state index contributed by atoms with van der Waals surface area (Å²) in [4.78, 5) is 6.87. The Hall–Kier alpha value is -2.18. The van der Waals surface area contributed by atoms with Crippen LogP contribution < -0.4 is 5.32 Å². The van der Waals surface area contributed by atoms with Crippen LogP contribution in [-0.4, -0.2) is 26.1 Å². The van der Waals surface area contributed by atoms with E-state index in [1.54, 1.807) is 0 Å². The molecule has 2 aromatic heterocycles. The Bertz CT molecular complexity index is 997. The second-order valence-corrected chi connectivity index (χ2v) is 8.35. The molecule has 2 atom stereocenters. The van der Waals surface area contributed by atoms with Gasteiger partial charge in [0.1, 0.15) is 0 Å². The first-order valence-corrected chi connectivity index (χ1v) is 10.6. The predicted octanol–water partition coefficient (Wildman–Crippen LogP) is 5.24. The molecule has 0 bridgehead atoms. The molecule has 4 rings (SSSR count). The molecule has 144 valence electrons. The van der Waals surface area contributed by atoms with Gasteiger partial charge in [0.05, 0.1) is 17.8 Å². The zero-order chi connectivity index (χ0) is 19.8. The molecule has 1 fully saturated rings. The van der Waals surface area contributed by atoms with Crippen molar-refractivity contribution in [3.8, 4) is 5.69 Å². The first kappa shape index (κ1) is 19.2. The molecule has 0 spiro atoms. The van der Waals surface area contributed by atoms with Crippen LogP contribution in [0.25, 0.3) is 5.69 Å². The molecule has 1 saturated heterocycles. The van der Waals surface area contributed by atoms with Gasteiger partial charge >= 0.3 is 0 Å². The number of pyridine rings is 1. The summed E-state index contributed by atoms with van der Waals surface area (Å²) < 4.78 is 3.39. The van der Waals surface area contributed by atoms with Gasteiger partial charge in [0.15, 0.2) is 5.11 Å². The summed E-state index contributed by atoms with van der Waals surface area (Å²) >= 11 is 9.19. The van der Waals surface area contributed by atoms with E-state index in [0.29, 0.717) is 0 Å². The molecular formula is C22H23BrN4S. The maximum atomic E-state index is 5.66. The third-order valence-corrected chi connectivity index (χ3v) is 6.29. The first-order valence-electron chi connectivity index (χ1n) is 9.44. The Morgan fingerprint density at radius 3 is 2.54 bits per heavy atom. The van der Waals surface area contributed by atoms with Gasteiger partial charge in [0, 0.05) is 34.3 Å². The Morgan fingerprint density at radius 1 is 1.14 bits per heavy atom. The van der Waals surface area contributed by atoms with Gasteiger partial charge in [-0.1, -0.05) is 22.0 Å². The number of aromatic nitrogens is 2. The zero-order valence-electron chi connectivity index (χ0n) is 16.2. The van der Waals surface area contributed by atoms with Gasteiger partial charge in [0.2, 0.25) is 0 Å². The summed E-state index contributed by atoms with van der Waals surface area (Å²) in [5.74, 6) is 0. The standard InChI is InChI=1S/C22H23BrN4S/c1-4-26-21(20(25-22(26)28)19-7-5-6-12-24-19)18-13-14(2)27(15(18)3)17-10-8-16(23)9-11-17/h5-13,20-21H,4H2,1-3H3,(H,25,28)/t20-,21-/m1/s1. The number of hydrogen-bond acceptors (Lipinski definition) is 2. The number of benzene rings is 1. The van der Waals surface area contributed by atoms with E-state index in [-0.39, 0.29) is 12.1 Å². The van der Waals surface area contributed by atoms with Crippen LogP contribution in [0, 0.1) is 13.8 Å². The average Bonchev–Trinajstić information content (AvgIpc) is 3.18. The molecule has 1 aliphatic rings. The number of nitrogens with one attached hydrogen (secondary N) is 1. The zero-order valence-corrected chi connectivity index (χ0v) is 18.6. The molecule has 3 heterocycles. The van der Waals surface area contributed by atoms with E-state index in [4.69, 9.17) is 12.2 Å². The van der Waals surface area contributed by atoms with Gasteiger partial charge in [-0.2, -0.15) is 0 Å². The molecule has 0 aliphatic carbocycles. The quantitative estimate of drug-likeness (QED) is 0.546. The Kier molecular flexibility index (Phi) is 5.25. The minimum Gasteiger partial charge on any atom is -0.352 e. The van der Waals surface area contributed by atoms with Gasteiger partial charge < -0.3 is 14.8 Å². The predicted molar refractivity (Wildman–Crippen MR) is 121 cm³/mol. The second kappa shape index (κ2) is 7.68. The van der Waals surface area contributed by atoms with E-state index in [9.17, 15) is 0 Å². The van der Waals surface area contributed by atoms with Crippen molar-refractivity contribution < 1.29 is 0 Å². The summed E-state index contributed by atoms with van der Waals surface area (Å²) in [6, 6.07) is 16.9. The summed E-state index contributed by atoms with van der Waals surface area (Å²) in [6.07, 6.45) is 1.84. The molecule has 0 unspecified atom stereocenters. The summed E-state index contributed by atoms with van der Waals surface area (Å²) in [7, 11) is 0. The highest BCUT2D eigenvalue weighted by molar-refractivity contribution is 9.10. The minimum atomic E-state index is 0.0347. The molecule has 0 saturated carbocycles. The molecule has 1 aliphatic heterocycles. The third kappa shape index (κ3) is 3.25. The lowest BCUT2D eigenvalue weighted by Gasteiger charge is -2.27. The van der Waals surface area contributed by atoms with Crippen LogP contribution in [0.3, 0.4) is 0 Å². The van der Waals surface area contributed by atoms with Crippen molar-refractivity contribution in [2.24, 2.45) is 0 Å². The summed E-state index contributed by atoms with van der Waals surface area (Å²) in [5.41, 5.74) is 5.90. The van der Waals surface area contributed by atoms with E-state index >= 15 is 0 Å². The highest BCUT2D eigenvalue weighted by atomic mass is 79.9. The van der Waals surface area contributed by atoms with Crippen LogP contribution in [0.1, 0.15) is 41.7 Å². The Morgan fingerprint density at radius 2 is 1.89 bits per heavy atom. The molecule has 0 radical (unpaired) electrons. The fourth-order valence-corrected chi connectivity index (χ4v) is 4.79. The first-order chi connectivity index (χ1) is 13.5. The SMILES string of the molecule is CCN1C(=S)N[C@H](c2ccccn2)[C@H]1c1cc(C)n(-c2ccc(Br)cc2)c1C. The molecule has 4 nitrogen and oxygen atoms in total. The highest BCUT2D eigenvalue weighted by Gasteiger charge is 2.40. The lowest BCUT2D eigenvalue weighted by molar-refractivity contribution is 0.329. The third-order valence-electron chi connectivity index (χ3n) is 5.41. The van der Waals surface area contributed by atoms with Crippen LogP contribution in [0.4, 0.5) is 0 Å². The number of thiocarbonyl (C=S) groups is 1. The number of hydrogen-bond donors (Lipinski definition) is 1. The van der Waals surface area contributed by atoms with E-state index in [2.05, 4.69) is 92.9 Å². The van der Waals surface area contributed by atoms with Crippen molar-refractivity contribution in [3.05, 3.63) is 81.8 Å². The molecule has 1 N–H and O–H groups in total. The number of likely N-dealkylation sites (N-methyl/N-ethyl adjacent to an activating group) is 1. The average molecular weight is 455 g/mol. The van der Waals surface area contributed by atoms with Crippen molar-refractivity contribution in [1.29, 1.82) is 0 Å². The molecule has 6 heteroatoms. The topological polar surface area (TPSA) is 33.1 Å². The lowest BCUT2D eigenvalue weighted by atomic mass is 9.97. The largest absolute Gasteiger partial charge is 0.352 e. The van der Waals surface area contributed by atoms with Gasteiger partial charge in [-0.15, -0.1) is 0 Å². The van der Waals surface area contributed by atoms with Crippen molar-refractivity contribution in [1.82, 2.24) is 19.8 Å². The fraction of sp³-hybridized carbons (Fsp3) is 0.273. The molecule has 28 heavy (non-hydrogen) atoms. The van der Waals surface area contributed by atoms with E-state index in [1.807, 2.05) is 18.3 Å². The van der Waals surface area contributed by atoms with Gasteiger partial charge in [-0.25, -0.2) is 0 Å². The number of rotatable bonds is 4. The molecule has 0 amide bonds. The number of halogens is 1. The fourth-order valence-electron chi connectivity index (χ4n) is 4.16. The van der Waals surface area contributed by atoms with E-state index in [0.717, 1.165) is 27.5 Å². The van der Waals surface area contributed by atoms with Crippen LogP contribution >= 0.6 is 28.1 Å². The Labute approximate surface area is 179 Å². The molecular weight excluding hydrogens is 432 g/mol. The lowest BCUT2D eigenvalue weighted by Crippen LogP contribution is -2.29. The van der Waals surface area contributed by atoms with E-state index < -0.39 is 0 Å². The van der Waals surface area contributed by atoms with Crippen LogP contribution in [-0.2, 0) is 0 Å². The van der Waals surface area contributed by atoms with Gasteiger partial charge in [0.25, 0.3) is 0 Å². The maximum absolute atomic E-state index is 5.66. The van der Waals surface area contributed by atoms with Crippen molar-refractivity contribution in [2.45, 2.75) is 32.9 Å². The number of nitrogens with zero attached hydrogens (tertiary/aromatic N) is 3. The van der Waals surface area contributed by atoms with Gasteiger partial charge in [-0.3, -0.25) is 4.98 Å². The normalized spacial score (nSPS) is 19.1. The van der Waals surface area contributed by atoms with Crippen LogP contribution in [0.5, 0.6) is 0 Å². The summed E-state index contributed by atoms with van der Waals surface area (Å²) in [6.45, 7) is 7.35. The summed E-state index contributed by atoms with van der Waals surface area (Å²) in [5, 5.41) is 4.29.